The summed E-state index contributed by atoms with van der Waals surface area (Å²) >= 11 is 0. The van der Waals surface area contributed by atoms with E-state index in [0.717, 1.165) is 30.7 Å². The summed E-state index contributed by atoms with van der Waals surface area (Å²) in [5.41, 5.74) is 2.28. The highest BCUT2D eigenvalue weighted by Crippen LogP contribution is 2.57. The highest BCUT2D eigenvalue weighted by atomic mass is 32.2. The summed E-state index contributed by atoms with van der Waals surface area (Å²) < 4.78 is 30.9. The van der Waals surface area contributed by atoms with Gasteiger partial charge in [0, 0.05) is 5.92 Å². The van der Waals surface area contributed by atoms with Gasteiger partial charge in [0.1, 0.15) is 0 Å². The van der Waals surface area contributed by atoms with E-state index >= 15 is 0 Å². The lowest BCUT2D eigenvalue weighted by molar-refractivity contribution is -0.0401. The third-order valence-electron chi connectivity index (χ3n) is 5.84. The Morgan fingerprint density at radius 1 is 1.09 bits per heavy atom. The summed E-state index contributed by atoms with van der Waals surface area (Å²) in [7, 11) is -3.69. The summed E-state index contributed by atoms with van der Waals surface area (Å²) in [6.45, 7) is 6.19. The standard InChI is InChI=1S/C18H22O3S/c1-11-3-5-16(6-4-11)22(19,20)21-18-15-8-13-7-14(10-15)12(2)17(18)9-13/h3-6,13-15,17-18H,2,7-10H2,1H3/t13-,14+,15-,17+,18?/m0/s1. The molecule has 0 aliphatic heterocycles. The van der Waals surface area contributed by atoms with E-state index in [1.807, 2.05) is 19.1 Å². The summed E-state index contributed by atoms with van der Waals surface area (Å²) in [5, 5.41) is 0. The molecule has 0 aromatic heterocycles. The van der Waals surface area contributed by atoms with Crippen LogP contribution < -0.4 is 0 Å². The Balaban J connectivity index is 1.60. The van der Waals surface area contributed by atoms with Crippen LogP contribution in [0.5, 0.6) is 0 Å². The van der Waals surface area contributed by atoms with Crippen LogP contribution in [0.4, 0.5) is 0 Å². The molecule has 0 heterocycles. The minimum absolute atomic E-state index is 0.202. The number of benzene rings is 1. The molecule has 4 aliphatic carbocycles. The van der Waals surface area contributed by atoms with Crippen LogP contribution in [0.3, 0.4) is 0 Å². The molecular formula is C18H22O3S. The second-order valence-electron chi connectivity index (χ2n) is 7.28. The van der Waals surface area contributed by atoms with Crippen molar-refractivity contribution in [3.63, 3.8) is 0 Å². The van der Waals surface area contributed by atoms with Gasteiger partial charge in [-0.2, -0.15) is 8.42 Å². The van der Waals surface area contributed by atoms with Gasteiger partial charge in [-0.1, -0.05) is 29.8 Å². The quantitative estimate of drug-likeness (QED) is 0.630. The van der Waals surface area contributed by atoms with Gasteiger partial charge in [-0.05, 0) is 62.5 Å². The second-order valence-corrected chi connectivity index (χ2v) is 8.85. The molecule has 5 atom stereocenters. The molecule has 5 rings (SSSR count). The molecule has 118 valence electrons. The van der Waals surface area contributed by atoms with E-state index in [0.29, 0.717) is 11.8 Å². The second kappa shape index (κ2) is 4.93. The Hall–Kier alpha value is -1.13. The lowest BCUT2D eigenvalue weighted by Gasteiger charge is -2.54. The van der Waals surface area contributed by atoms with Gasteiger partial charge in [0.25, 0.3) is 10.1 Å². The van der Waals surface area contributed by atoms with Gasteiger partial charge in [0.15, 0.2) is 0 Å². The predicted molar refractivity (Wildman–Crippen MR) is 84.8 cm³/mol. The van der Waals surface area contributed by atoms with Gasteiger partial charge in [-0.3, -0.25) is 4.18 Å². The third kappa shape index (κ3) is 2.24. The molecule has 4 bridgehead atoms. The Kier molecular flexibility index (Phi) is 3.24. The molecule has 4 aliphatic rings. The van der Waals surface area contributed by atoms with Crippen LogP contribution in [0.25, 0.3) is 0 Å². The van der Waals surface area contributed by atoms with Gasteiger partial charge in [-0.25, -0.2) is 0 Å². The van der Waals surface area contributed by atoms with Crippen molar-refractivity contribution in [3.8, 4) is 0 Å². The molecule has 0 N–H and O–H groups in total. The molecular weight excluding hydrogens is 296 g/mol. The Bertz CT molecular complexity index is 704. The van der Waals surface area contributed by atoms with Crippen LogP contribution in [-0.2, 0) is 14.3 Å². The molecule has 1 aromatic rings. The fraction of sp³-hybridized carbons (Fsp3) is 0.556. The summed E-state index contributed by atoms with van der Waals surface area (Å²) in [4.78, 5) is 0.262. The lowest BCUT2D eigenvalue weighted by Crippen LogP contribution is -2.51. The van der Waals surface area contributed by atoms with Crippen LogP contribution >= 0.6 is 0 Å². The summed E-state index contributed by atoms with van der Waals surface area (Å²) in [5.74, 6) is 1.97. The van der Waals surface area contributed by atoms with E-state index in [9.17, 15) is 8.42 Å². The van der Waals surface area contributed by atoms with Crippen molar-refractivity contribution in [1.29, 1.82) is 0 Å². The van der Waals surface area contributed by atoms with E-state index in [-0.39, 0.29) is 16.9 Å². The average Bonchev–Trinajstić information content (AvgIpc) is 2.48. The Morgan fingerprint density at radius 2 is 1.82 bits per heavy atom. The fourth-order valence-electron chi connectivity index (χ4n) is 4.79. The van der Waals surface area contributed by atoms with Crippen molar-refractivity contribution in [2.24, 2.45) is 23.7 Å². The molecule has 0 spiro atoms. The number of hydrogen-bond donors (Lipinski definition) is 0. The Labute approximate surface area is 132 Å². The SMILES string of the molecule is C=C1[C@@H]2C[C@H]3C[C@@H](C2)C(OS(=O)(=O)c2ccc(C)cc2)[C@@H]1C3. The maximum atomic E-state index is 12.6. The number of hydrogen-bond acceptors (Lipinski definition) is 3. The molecule has 1 unspecified atom stereocenters. The summed E-state index contributed by atoms with van der Waals surface area (Å²) in [6.07, 6.45) is 4.28. The van der Waals surface area contributed by atoms with Crippen molar-refractivity contribution in [2.45, 2.75) is 43.6 Å². The predicted octanol–water partition coefficient (Wildman–Crippen LogP) is 3.69. The zero-order valence-corrected chi connectivity index (χ0v) is 13.7. The minimum atomic E-state index is -3.69. The van der Waals surface area contributed by atoms with Gasteiger partial charge >= 0.3 is 0 Å². The van der Waals surface area contributed by atoms with Gasteiger partial charge < -0.3 is 0 Å². The fourth-order valence-corrected chi connectivity index (χ4v) is 5.95. The topological polar surface area (TPSA) is 43.4 Å². The van der Waals surface area contributed by atoms with E-state index < -0.39 is 10.1 Å². The summed E-state index contributed by atoms with van der Waals surface area (Å²) in [6, 6.07) is 6.89. The smallest absolute Gasteiger partial charge is 0.262 e. The highest BCUT2D eigenvalue weighted by molar-refractivity contribution is 7.86. The monoisotopic (exact) mass is 318 g/mol. The van der Waals surface area contributed by atoms with Crippen LogP contribution in [0.2, 0.25) is 0 Å². The molecule has 4 heteroatoms. The lowest BCUT2D eigenvalue weighted by atomic mass is 9.53. The largest absolute Gasteiger partial charge is 0.297 e. The van der Waals surface area contributed by atoms with Crippen LogP contribution in [0, 0.1) is 30.6 Å². The first-order valence-corrected chi connectivity index (χ1v) is 9.53. The van der Waals surface area contributed by atoms with Crippen LogP contribution in [0.1, 0.15) is 31.2 Å². The maximum Gasteiger partial charge on any atom is 0.297 e. The molecule has 4 saturated carbocycles. The molecule has 0 radical (unpaired) electrons. The first kappa shape index (κ1) is 14.5. The van der Waals surface area contributed by atoms with Crippen molar-refractivity contribution in [2.75, 3.05) is 0 Å². The van der Waals surface area contributed by atoms with Gasteiger partial charge in [0.05, 0.1) is 11.0 Å². The van der Waals surface area contributed by atoms with E-state index in [2.05, 4.69) is 6.58 Å². The molecule has 0 amide bonds. The zero-order valence-electron chi connectivity index (χ0n) is 12.9. The van der Waals surface area contributed by atoms with Crippen molar-refractivity contribution >= 4 is 10.1 Å². The van der Waals surface area contributed by atoms with Crippen LogP contribution in [0.15, 0.2) is 41.3 Å². The van der Waals surface area contributed by atoms with E-state index in [1.165, 1.54) is 12.0 Å². The minimum Gasteiger partial charge on any atom is -0.262 e. The first-order chi connectivity index (χ1) is 10.4. The maximum absolute atomic E-state index is 12.6. The van der Waals surface area contributed by atoms with Crippen LogP contribution in [-0.4, -0.2) is 14.5 Å². The number of rotatable bonds is 3. The molecule has 22 heavy (non-hydrogen) atoms. The average molecular weight is 318 g/mol. The van der Waals surface area contributed by atoms with Crippen molar-refractivity contribution < 1.29 is 12.6 Å². The van der Waals surface area contributed by atoms with Crippen molar-refractivity contribution in [3.05, 3.63) is 42.0 Å². The third-order valence-corrected chi connectivity index (χ3v) is 7.16. The van der Waals surface area contributed by atoms with E-state index in [1.54, 1.807) is 12.1 Å². The van der Waals surface area contributed by atoms with Crippen molar-refractivity contribution in [1.82, 2.24) is 0 Å². The highest BCUT2D eigenvalue weighted by Gasteiger charge is 2.52. The first-order valence-electron chi connectivity index (χ1n) is 8.12. The molecule has 3 nitrogen and oxygen atoms in total. The van der Waals surface area contributed by atoms with E-state index in [4.69, 9.17) is 4.18 Å². The number of aryl methyl sites for hydroxylation is 1. The Morgan fingerprint density at radius 3 is 2.55 bits per heavy atom. The van der Waals surface area contributed by atoms with Gasteiger partial charge in [-0.15, -0.1) is 0 Å². The normalized spacial score (nSPS) is 36.8. The molecule has 1 aromatic carbocycles. The molecule has 4 fully saturated rings. The van der Waals surface area contributed by atoms with Gasteiger partial charge in [0.2, 0.25) is 0 Å². The molecule has 0 saturated heterocycles. The zero-order chi connectivity index (χ0) is 15.5.